The SMILES string of the molecule is CCc1cc(-c2nc3nccc(C(=O)O)c3[nH]2)n(C)n1. The number of pyridine rings is 1. The number of carboxylic acids is 1. The van der Waals surface area contributed by atoms with Gasteiger partial charge in [-0.25, -0.2) is 14.8 Å². The first-order valence-corrected chi connectivity index (χ1v) is 6.21. The summed E-state index contributed by atoms with van der Waals surface area (Å²) in [5.41, 5.74) is 2.73. The molecule has 0 aromatic carbocycles. The van der Waals surface area contributed by atoms with Gasteiger partial charge < -0.3 is 10.1 Å². The van der Waals surface area contributed by atoms with Gasteiger partial charge in [0, 0.05) is 13.2 Å². The molecule has 0 saturated heterocycles. The van der Waals surface area contributed by atoms with Gasteiger partial charge in [0.2, 0.25) is 0 Å². The zero-order valence-electron chi connectivity index (χ0n) is 11.1. The molecule has 0 atom stereocenters. The molecule has 0 bridgehead atoms. The Labute approximate surface area is 114 Å². The van der Waals surface area contributed by atoms with Gasteiger partial charge in [-0.3, -0.25) is 4.68 Å². The Morgan fingerprint density at radius 3 is 2.95 bits per heavy atom. The third-order valence-corrected chi connectivity index (χ3v) is 3.16. The molecule has 0 aliphatic rings. The predicted molar refractivity (Wildman–Crippen MR) is 72.4 cm³/mol. The summed E-state index contributed by atoms with van der Waals surface area (Å²) in [4.78, 5) is 22.6. The lowest BCUT2D eigenvalue weighted by molar-refractivity contribution is 0.0698. The molecule has 7 nitrogen and oxygen atoms in total. The molecule has 20 heavy (non-hydrogen) atoms. The van der Waals surface area contributed by atoms with E-state index in [0.717, 1.165) is 17.8 Å². The smallest absolute Gasteiger partial charge is 0.338 e. The summed E-state index contributed by atoms with van der Waals surface area (Å²) in [7, 11) is 1.83. The van der Waals surface area contributed by atoms with Crippen molar-refractivity contribution in [1.29, 1.82) is 0 Å². The Morgan fingerprint density at radius 2 is 2.30 bits per heavy atom. The van der Waals surface area contributed by atoms with Gasteiger partial charge in [-0.05, 0) is 18.6 Å². The van der Waals surface area contributed by atoms with E-state index < -0.39 is 5.97 Å². The normalized spacial score (nSPS) is 11.1. The van der Waals surface area contributed by atoms with Gasteiger partial charge in [0.05, 0.1) is 16.8 Å². The number of rotatable bonds is 3. The van der Waals surface area contributed by atoms with Crippen LogP contribution in [0, 0.1) is 0 Å². The fourth-order valence-corrected chi connectivity index (χ4v) is 2.13. The van der Waals surface area contributed by atoms with Gasteiger partial charge in [0.1, 0.15) is 5.69 Å². The number of nitrogens with zero attached hydrogens (tertiary/aromatic N) is 4. The second-order valence-electron chi connectivity index (χ2n) is 4.45. The van der Waals surface area contributed by atoms with Crippen LogP contribution in [0.2, 0.25) is 0 Å². The number of fused-ring (bicyclic) bond motifs is 1. The van der Waals surface area contributed by atoms with E-state index in [-0.39, 0.29) is 5.56 Å². The number of aromatic carboxylic acids is 1. The van der Waals surface area contributed by atoms with Crippen LogP contribution in [0.4, 0.5) is 0 Å². The maximum absolute atomic E-state index is 11.2. The van der Waals surface area contributed by atoms with E-state index in [2.05, 4.69) is 20.1 Å². The highest BCUT2D eigenvalue weighted by Gasteiger charge is 2.16. The summed E-state index contributed by atoms with van der Waals surface area (Å²) in [6.07, 6.45) is 2.27. The Balaban J connectivity index is 2.20. The minimum atomic E-state index is -1.01. The van der Waals surface area contributed by atoms with Gasteiger partial charge in [-0.1, -0.05) is 6.92 Å². The first-order chi connectivity index (χ1) is 9.60. The Bertz CT molecular complexity index is 802. The molecule has 0 amide bonds. The number of aromatic nitrogens is 5. The Hall–Kier alpha value is -2.70. The third kappa shape index (κ3) is 1.83. The summed E-state index contributed by atoms with van der Waals surface area (Å²) in [5, 5.41) is 13.5. The van der Waals surface area contributed by atoms with Crippen LogP contribution in [0.3, 0.4) is 0 Å². The fourth-order valence-electron chi connectivity index (χ4n) is 2.13. The van der Waals surface area contributed by atoms with Crippen molar-refractivity contribution in [2.24, 2.45) is 7.05 Å². The summed E-state index contributed by atoms with van der Waals surface area (Å²) < 4.78 is 1.72. The molecule has 3 aromatic rings. The highest BCUT2D eigenvalue weighted by Crippen LogP contribution is 2.22. The number of H-pyrrole nitrogens is 1. The quantitative estimate of drug-likeness (QED) is 0.754. The largest absolute Gasteiger partial charge is 0.478 e. The van der Waals surface area contributed by atoms with E-state index in [4.69, 9.17) is 5.11 Å². The number of nitrogens with one attached hydrogen (secondary N) is 1. The van der Waals surface area contributed by atoms with Gasteiger partial charge in [0.25, 0.3) is 0 Å². The van der Waals surface area contributed by atoms with E-state index >= 15 is 0 Å². The molecular formula is C13H13N5O2. The molecule has 0 spiro atoms. The van der Waals surface area contributed by atoms with Crippen LogP contribution in [0.15, 0.2) is 18.3 Å². The average Bonchev–Trinajstić information content (AvgIpc) is 3.00. The van der Waals surface area contributed by atoms with Crippen molar-refractivity contribution in [2.75, 3.05) is 0 Å². The van der Waals surface area contributed by atoms with E-state index in [1.807, 2.05) is 20.0 Å². The summed E-state index contributed by atoms with van der Waals surface area (Å²) in [6.45, 7) is 2.02. The lowest BCUT2D eigenvalue weighted by Crippen LogP contribution is -1.98. The number of hydrogen-bond acceptors (Lipinski definition) is 4. The summed E-state index contributed by atoms with van der Waals surface area (Å²) in [6, 6.07) is 3.38. The standard InChI is InChI=1S/C13H13N5O2/c1-3-7-6-9(18(2)17-7)11-15-10-8(13(19)20)4-5-14-12(10)16-11/h4-6H,3H2,1-2H3,(H,19,20)(H,14,15,16). The van der Waals surface area contributed by atoms with Crippen molar-refractivity contribution in [2.45, 2.75) is 13.3 Å². The Morgan fingerprint density at radius 1 is 1.50 bits per heavy atom. The van der Waals surface area contributed by atoms with Gasteiger partial charge in [-0.15, -0.1) is 0 Å². The minimum absolute atomic E-state index is 0.159. The van der Waals surface area contributed by atoms with Crippen molar-refractivity contribution in [3.05, 3.63) is 29.6 Å². The molecule has 3 heterocycles. The number of carbonyl (C=O) groups is 1. The lowest BCUT2D eigenvalue weighted by Gasteiger charge is -1.96. The second-order valence-corrected chi connectivity index (χ2v) is 4.45. The van der Waals surface area contributed by atoms with Crippen molar-refractivity contribution in [1.82, 2.24) is 24.7 Å². The number of imidazole rings is 1. The molecule has 0 saturated carbocycles. The maximum Gasteiger partial charge on any atom is 0.338 e. The monoisotopic (exact) mass is 271 g/mol. The van der Waals surface area contributed by atoms with Crippen molar-refractivity contribution in [3.63, 3.8) is 0 Å². The summed E-state index contributed by atoms with van der Waals surface area (Å²) >= 11 is 0. The lowest BCUT2D eigenvalue weighted by atomic mass is 10.2. The number of aryl methyl sites for hydroxylation is 2. The molecule has 3 aromatic heterocycles. The van der Waals surface area contributed by atoms with Gasteiger partial charge in [0.15, 0.2) is 11.5 Å². The molecule has 0 fully saturated rings. The van der Waals surface area contributed by atoms with E-state index in [1.54, 1.807) is 4.68 Å². The number of aromatic amines is 1. The topological polar surface area (TPSA) is 96.7 Å². The second kappa shape index (κ2) is 4.44. The summed E-state index contributed by atoms with van der Waals surface area (Å²) in [5.74, 6) is -0.442. The maximum atomic E-state index is 11.2. The minimum Gasteiger partial charge on any atom is -0.478 e. The van der Waals surface area contributed by atoms with E-state index in [1.165, 1.54) is 12.3 Å². The molecule has 0 aliphatic carbocycles. The molecule has 2 N–H and O–H groups in total. The average molecular weight is 271 g/mol. The zero-order chi connectivity index (χ0) is 14.3. The molecule has 0 unspecified atom stereocenters. The van der Waals surface area contributed by atoms with Gasteiger partial charge in [-0.2, -0.15) is 5.10 Å². The molecule has 3 rings (SSSR count). The van der Waals surface area contributed by atoms with Crippen LogP contribution in [0.5, 0.6) is 0 Å². The highest BCUT2D eigenvalue weighted by molar-refractivity contribution is 6.00. The highest BCUT2D eigenvalue weighted by atomic mass is 16.4. The molecule has 7 heteroatoms. The van der Waals surface area contributed by atoms with E-state index in [9.17, 15) is 4.79 Å². The van der Waals surface area contributed by atoms with Crippen molar-refractivity contribution < 1.29 is 9.90 Å². The zero-order valence-corrected chi connectivity index (χ0v) is 11.1. The first kappa shape index (κ1) is 12.3. The van der Waals surface area contributed by atoms with Gasteiger partial charge >= 0.3 is 5.97 Å². The van der Waals surface area contributed by atoms with E-state index in [0.29, 0.717) is 17.0 Å². The fraction of sp³-hybridized carbons (Fsp3) is 0.231. The number of hydrogen-bond donors (Lipinski definition) is 2. The first-order valence-electron chi connectivity index (χ1n) is 6.21. The van der Waals surface area contributed by atoms with Crippen LogP contribution in [0.1, 0.15) is 23.0 Å². The molecular weight excluding hydrogens is 258 g/mol. The third-order valence-electron chi connectivity index (χ3n) is 3.16. The molecule has 102 valence electrons. The van der Waals surface area contributed by atoms with Crippen LogP contribution in [-0.2, 0) is 13.5 Å². The van der Waals surface area contributed by atoms with Crippen molar-refractivity contribution in [3.8, 4) is 11.5 Å². The predicted octanol–water partition coefficient (Wildman–Crippen LogP) is 1.62. The van der Waals surface area contributed by atoms with Crippen LogP contribution in [0.25, 0.3) is 22.7 Å². The Kier molecular flexibility index (Phi) is 2.74. The molecule has 0 aliphatic heterocycles. The van der Waals surface area contributed by atoms with Crippen LogP contribution in [-0.4, -0.2) is 35.8 Å². The molecule has 0 radical (unpaired) electrons. The van der Waals surface area contributed by atoms with Crippen LogP contribution >= 0.6 is 0 Å². The van der Waals surface area contributed by atoms with Crippen molar-refractivity contribution >= 4 is 17.1 Å². The number of carboxylic acid groups (broad SMARTS) is 1. The van der Waals surface area contributed by atoms with Crippen LogP contribution < -0.4 is 0 Å².